The first-order valence-corrected chi connectivity index (χ1v) is 5.28. The van der Waals surface area contributed by atoms with E-state index >= 15 is 0 Å². The predicted molar refractivity (Wildman–Crippen MR) is 64.6 cm³/mol. The number of para-hydroxylation sites is 1. The van der Waals surface area contributed by atoms with Crippen molar-refractivity contribution in [3.63, 3.8) is 0 Å². The average molecular weight is 228 g/mol. The van der Waals surface area contributed by atoms with Crippen molar-refractivity contribution >= 4 is 23.2 Å². The zero-order valence-corrected chi connectivity index (χ0v) is 9.12. The molecular formula is C12H8N2OS. The topological polar surface area (TPSA) is 41.8 Å². The Morgan fingerprint density at radius 2 is 2.12 bits per heavy atom. The van der Waals surface area contributed by atoms with E-state index in [2.05, 4.69) is 9.97 Å². The molecule has 0 saturated heterocycles. The molecule has 4 heteroatoms. The number of nitrogens with zero attached hydrogens (tertiary/aromatic N) is 1. The normalized spacial score (nSPS) is 10.8. The Kier molecular flexibility index (Phi) is 2.08. The standard InChI is InChI=1S/C12H8N2OS/c16-11-7-10(12-13-5-6-14-12)15-9-4-2-1-3-8(9)11/h1-7H,(H,13,14). The minimum atomic E-state index is 0.661. The van der Waals surface area contributed by atoms with Crippen LogP contribution in [-0.2, 0) is 0 Å². The zero-order valence-electron chi connectivity index (χ0n) is 8.31. The minimum Gasteiger partial charge on any atom is -0.453 e. The molecule has 3 nitrogen and oxygen atoms in total. The Morgan fingerprint density at radius 3 is 2.94 bits per heavy atom. The maximum atomic E-state index is 5.73. The van der Waals surface area contributed by atoms with Crippen molar-refractivity contribution in [1.29, 1.82) is 0 Å². The van der Waals surface area contributed by atoms with Gasteiger partial charge < -0.3 is 9.40 Å². The van der Waals surface area contributed by atoms with Crippen molar-refractivity contribution in [2.45, 2.75) is 0 Å². The molecule has 0 saturated carbocycles. The zero-order chi connectivity index (χ0) is 11.0. The van der Waals surface area contributed by atoms with E-state index in [0.29, 0.717) is 11.6 Å². The SMILES string of the molecule is S=c1cc(-c2ncc[nH]2)oc2ccccc12. The highest BCUT2D eigenvalue weighted by molar-refractivity contribution is 7.71. The van der Waals surface area contributed by atoms with Gasteiger partial charge in [0, 0.05) is 23.8 Å². The maximum Gasteiger partial charge on any atom is 0.173 e. The minimum absolute atomic E-state index is 0.661. The van der Waals surface area contributed by atoms with Crippen molar-refractivity contribution in [3.05, 3.63) is 47.2 Å². The lowest BCUT2D eigenvalue weighted by molar-refractivity contribution is 0.614. The van der Waals surface area contributed by atoms with Crippen LogP contribution in [0.15, 0.2) is 47.1 Å². The first-order valence-electron chi connectivity index (χ1n) is 4.87. The molecule has 0 bridgehead atoms. The Morgan fingerprint density at radius 1 is 1.25 bits per heavy atom. The number of imidazole rings is 1. The molecule has 0 fully saturated rings. The molecule has 1 aromatic carbocycles. The van der Waals surface area contributed by atoms with Gasteiger partial charge in [-0.05, 0) is 12.1 Å². The molecule has 0 unspecified atom stereocenters. The van der Waals surface area contributed by atoms with Gasteiger partial charge in [0.1, 0.15) is 5.58 Å². The van der Waals surface area contributed by atoms with Gasteiger partial charge in [0.15, 0.2) is 11.6 Å². The van der Waals surface area contributed by atoms with Gasteiger partial charge in [0.25, 0.3) is 0 Å². The van der Waals surface area contributed by atoms with Crippen LogP contribution in [0.3, 0.4) is 0 Å². The fourth-order valence-electron chi connectivity index (χ4n) is 1.62. The molecule has 0 radical (unpaired) electrons. The second-order valence-electron chi connectivity index (χ2n) is 3.41. The molecule has 1 N–H and O–H groups in total. The summed E-state index contributed by atoms with van der Waals surface area (Å²) in [5.74, 6) is 1.35. The number of aromatic nitrogens is 2. The highest BCUT2D eigenvalue weighted by Crippen LogP contribution is 2.23. The van der Waals surface area contributed by atoms with Crippen LogP contribution in [0.25, 0.3) is 22.6 Å². The van der Waals surface area contributed by atoms with E-state index in [9.17, 15) is 0 Å². The average Bonchev–Trinajstić information content (AvgIpc) is 2.82. The maximum absolute atomic E-state index is 5.73. The number of hydrogen-bond acceptors (Lipinski definition) is 3. The molecule has 3 rings (SSSR count). The van der Waals surface area contributed by atoms with Crippen molar-refractivity contribution in [1.82, 2.24) is 9.97 Å². The quantitative estimate of drug-likeness (QED) is 0.647. The molecular weight excluding hydrogens is 220 g/mol. The first kappa shape index (κ1) is 9.30. The van der Waals surface area contributed by atoms with Crippen LogP contribution in [0.4, 0.5) is 0 Å². The van der Waals surface area contributed by atoms with Crippen molar-refractivity contribution in [3.8, 4) is 11.6 Å². The first-order chi connectivity index (χ1) is 7.84. The van der Waals surface area contributed by atoms with Crippen LogP contribution in [0.5, 0.6) is 0 Å². The summed E-state index contributed by atoms with van der Waals surface area (Å²) in [6.45, 7) is 0. The molecule has 0 amide bonds. The molecule has 2 aromatic heterocycles. The molecule has 0 aliphatic carbocycles. The van der Waals surface area contributed by atoms with Gasteiger partial charge in [0.2, 0.25) is 0 Å². The van der Waals surface area contributed by atoms with Gasteiger partial charge in [-0.2, -0.15) is 0 Å². The lowest BCUT2D eigenvalue weighted by Crippen LogP contribution is -1.82. The van der Waals surface area contributed by atoms with Gasteiger partial charge in [-0.3, -0.25) is 0 Å². The van der Waals surface area contributed by atoms with E-state index in [1.165, 1.54) is 0 Å². The lowest BCUT2D eigenvalue weighted by atomic mass is 10.2. The number of nitrogens with one attached hydrogen (secondary N) is 1. The molecule has 2 heterocycles. The Labute approximate surface area is 96.8 Å². The summed E-state index contributed by atoms with van der Waals surface area (Å²) in [5.41, 5.74) is 0.779. The van der Waals surface area contributed by atoms with E-state index in [1.54, 1.807) is 12.4 Å². The van der Waals surface area contributed by atoms with Crippen LogP contribution in [0, 0.1) is 4.51 Å². The lowest BCUT2D eigenvalue weighted by Gasteiger charge is -2.00. The molecule has 0 aliphatic rings. The number of rotatable bonds is 1. The third-order valence-corrected chi connectivity index (χ3v) is 2.70. The largest absolute Gasteiger partial charge is 0.453 e. The van der Waals surface area contributed by atoms with E-state index in [4.69, 9.17) is 16.6 Å². The van der Waals surface area contributed by atoms with E-state index < -0.39 is 0 Å². The number of H-pyrrole nitrogens is 1. The van der Waals surface area contributed by atoms with Gasteiger partial charge in [-0.25, -0.2) is 4.98 Å². The van der Waals surface area contributed by atoms with Crippen LogP contribution < -0.4 is 0 Å². The Bertz CT molecular complexity index is 686. The van der Waals surface area contributed by atoms with Crippen molar-refractivity contribution < 1.29 is 4.42 Å². The Balaban J connectivity index is 2.34. The smallest absolute Gasteiger partial charge is 0.173 e. The Hall–Kier alpha value is -1.94. The second-order valence-corrected chi connectivity index (χ2v) is 3.85. The predicted octanol–water partition coefficient (Wildman–Crippen LogP) is 3.55. The monoisotopic (exact) mass is 228 g/mol. The summed E-state index contributed by atoms with van der Waals surface area (Å²) < 4.78 is 6.50. The summed E-state index contributed by atoms with van der Waals surface area (Å²) in [4.78, 5) is 7.13. The van der Waals surface area contributed by atoms with Gasteiger partial charge in [-0.15, -0.1) is 0 Å². The highest BCUT2D eigenvalue weighted by atomic mass is 32.1. The summed E-state index contributed by atoms with van der Waals surface area (Å²) in [7, 11) is 0. The van der Waals surface area contributed by atoms with E-state index in [0.717, 1.165) is 15.5 Å². The van der Waals surface area contributed by atoms with Crippen molar-refractivity contribution in [2.24, 2.45) is 0 Å². The van der Waals surface area contributed by atoms with Crippen LogP contribution in [0.1, 0.15) is 0 Å². The molecule has 3 aromatic rings. The molecule has 0 spiro atoms. The van der Waals surface area contributed by atoms with E-state index in [1.807, 2.05) is 30.3 Å². The number of benzene rings is 1. The summed E-state index contributed by atoms with van der Waals surface area (Å²) in [6.07, 6.45) is 3.44. The fraction of sp³-hybridized carbons (Fsp3) is 0. The number of fused-ring (bicyclic) bond motifs is 1. The summed E-state index contributed by atoms with van der Waals surface area (Å²) >= 11 is 5.31. The fourth-order valence-corrected chi connectivity index (χ4v) is 1.90. The van der Waals surface area contributed by atoms with Gasteiger partial charge in [0.05, 0.1) is 4.51 Å². The molecule has 0 atom stereocenters. The third-order valence-electron chi connectivity index (χ3n) is 2.37. The molecule has 16 heavy (non-hydrogen) atoms. The van der Waals surface area contributed by atoms with Crippen molar-refractivity contribution in [2.75, 3.05) is 0 Å². The number of hydrogen-bond donors (Lipinski definition) is 1. The van der Waals surface area contributed by atoms with Crippen LogP contribution in [-0.4, -0.2) is 9.97 Å². The highest BCUT2D eigenvalue weighted by Gasteiger charge is 2.05. The van der Waals surface area contributed by atoms with Crippen LogP contribution in [0.2, 0.25) is 0 Å². The molecule has 0 aliphatic heterocycles. The van der Waals surface area contributed by atoms with Gasteiger partial charge >= 0.3 is 0 Å². The van der Waals surface area contributed by atoms with Crippen LogP contribution >= 0.6 is 12.2 Å². The molecule has 78 valence electrons. The van der Waals surface area contributed by atoms with Gasteiger partial charge in [-0.1, -0.05) is 24.4 Å². The second kappa shape index (κ2) is 3.57. The summed E-state index contributed by atoms with van der Waals surface area (Å²) in [5, 5.41) is 0.952. The van der Waals surface area contributed by atoms with E-state index in [-0.39, 0.29) is 0 Å². The third kappa shape index (κ3) is 1.44. The number of aromatic amines is 1. The summed E-state index contributed by atoms with van der Waals surface area (Å²) in [6, 6.07) is 9.54.